The van der Waals surface area contributed by atoms with E-state index < -0.39 is 24.0 Å². The van der Waals surface area contributed by atoms with Crippen LogP contribution in [0.4, 0.5) is 4.79 Å². The van der Waals surface area contributed by atoms with Crippen LogP contribution in [0.5, 0.6) is 0 Å². The molecule has 1 aromatic rings. The van der Waals surface area contributed by atoms with Crippen molar-refractivity contribution in [3.63, 3.8) is 0 Å². The molecule has 0 fully saturated rings. The second-order valence-electron chi connectivity index (χ2n) is 4.29. The van der Waals surface area contributed by atoms with Crippen LogP contribution in [0.25, 0.3) is 0 Å². The molecule has 0 aliphatic carbocycles. The molecule has 0 spiro atoms. The van der Waals surface area contributed by atoms with Crippen molar-refractivity contribution >= 4 is 18.0 Å². The quantitative estimate of drug-likeness (QED) is 0.578. The van der Waals surface area contributed by atoms with Gasteiger partial charge in [-0.05, 0) is 19.4 Å². The van der Waals surface area contributed by atoms with Crippen LogP contribution in [-0.4, -0.2) is 37.2 Å². The number of alkyl carbamates (subject to hydrolysis) is 1. The van der Waals surface area contributed by atoms with E-state index in [0.717, 1.165) is 5.56 Å². The van der Waals surface area contributed by atoms with Gasteiger partial charge in [-0.3, -0.25) is 10.1 Å². The second kappa shape index (κ2) is 9.38. The third-order valence-electron chi connectivity index (χ3n) is 2.61. The molecule has 1 rings (SSSR count). The van der Waals surface area contributed by atoms with Crippen molar-refractivity contribution in [1.29, 1.82) is 0 Å². The van der Waals surface area contributed by atoms with E-state index in [4.69, 9.17) is 9.47 Å². The van der Waals surface area contributed by atoms with Crippen LogP contribution in [0.1, 0.15) is 19.4 Å². The van der Waals surface area contributed by atoms with E-state index in [0.29, 0.717) is 6.54 Å². The Morgan fingerprint density at radius 3 is 2.36 bits per heavy atom. The summed E-state index contributed by atoms with van der Waals surface area (Å²) in [7, 11) is 0. The molecule has 0 saturated heterocycles. The van der Waals surface area contributed by atoms with Gasteiger partial charge in [-0.15, -0.1) is 0 Å². The van der Waals surface area contributed by atoms with E-state index in [9.17, 15) is 14.4 Å². The summed E-state index contributed by atoms with van der Waals surface area (Å²) in [5.74, 6) is -1.47. The lowest BCUT2D eigenvalue weighted by Crippen LogP contribution is -2.52. The highest BCUT2D eigenvalue weighted by molar-refractivity contribution is 6.04. The summed E-state index contributed by atoms with van der Waals surface area (Å²) >= 11 is 0. The zero-order chi connectivity index (χ0) is 16.4. The highest BCUT2D eigenvalue weighted by atomic mass is 16.6. The summed E-state index contributed by atoms with van der Waals surface area (Å²) in [5, 5.41) is 4.66. The van der Waals surface area contributed by atoms with Gasteiger partial charge in [0.05, 0.1) is 6.61 Å². The van der Waals surface area contributed by atoms with Crippen LogP contribution in [-0.2, 0) is 25.7 Å². The second-order valence-corrected chi connectivity index (χ2v) is 4.29. The van der Waals surface area contributed by atoms with Crippen molar-refractivity contribution < 1.29 is 23.9 Å². The first-order chi connectivity index (χ1) is 10.6. The predicted molar refractivity (Wildman–Crippen MR) is 78.9 cm³/mol. The molecule has 0 aliphatic heterocycles. The van der Waals surface area contributed by atoms with Crippen LogP contribution >= 0.6 is 0 Å². The highest BCUT2D eigenvalue weighted by Gasteiger charge is 2.29. The van der Waals surface area contributed by atoms with Gasteiger partial charge in [0.25, 0.3) is 5.91 Å². The lowest BCUT2D eigenvalue weighted by atomic mass is 10.2. The van der Waals surface area contributed by atoms with Crippen molar-refractivity contribution in [3.8, 4) is 0 Å². The standard InChI is InChI=1S/C15H20N2O5/c1-3-16-13(18)12(14(19)21-4-2)17-15(20)22-10-11-8-6-5-7-9-11/h5-9,12H,3-4,10H2,1-2H3,(H,16,18)(H,17,20). The molecule has 2 N–H and O–H groups in total. The largest absolute Gasteiger partial charge is 0.464 e. The molecule has 7 heteroatoms. The number of hydrogen-bond donors (Lipinski definition) is 2. The van der Waals surface area contributed by atoms with E-state index in [1.165, 1.54) is 0 Å². The van der Waals surface area contributed by atoms with Crippen molar-refractivity contribution in [2.75, 3.05) is 13.2 Å². The van der Waals surface area contributed by atoms with Crippen molar-refractivity contribution in [3.05, 3.63) is 35.9 Å². The Bertz CT molecular complexity index is 486. The molecule has 0 bridgehead atoms. The van der Waals surface area contributed by atoms with Crippen molar-refractivity contribution in [1.82, 2.24) is 10.6 Å². The van der Waals surface area contributed by atoms with Crippen LogP contribution < -0.4 is 10.6 Å². The highest BCUT2D eigenvalue weighted by Crippen LogP contribution is 2.01. The zero-order valence-corrected chi connectivity index (χ0v) is 12.6. The number of ether oxygens (including phenoxy) is 2. The third-order valence-corrected chi connectivity index (χ3v) is 2.61. The third kappa shape index (κ3) is 5.82. The Balaban J connectivity index is 2.58. The normalized spacial score (nSPS) is 11.2. The molecule has 22 heavy (non-hydrogen) atoms. The van der Waals surface area contributed by atoms with E-state index in [1.54, 1.807) is 26.0 Å². The number of amides is 2. The summed E-state index contributed by atoms with van der Waals surface area (Å²) in [4.78, 5) is 35.2. The SMILES string of the molecule is CCNC(=O)C(NC(=O)OCc1ccccc1)C(=O)OCC. The number of hydrogen-bond acceptors (Lipinski definition) is 5. The van der Waals surface area contributed by atoms with Gasteiger partial charge in [0.2, 0.25) is 6.04 Å². The van der Waals surface area contributed by atoms with Gasteiger partial charge in [-0.25, -0.2) is 9.59 Å². The van der Waals surface area contributed by atoms with Gasteiger partial charge in [0.1, 0.15) is 6.61 Å². The number of benzene rings is 1. The molecule has 1 aromatic carbocycles. The van der Waals surface area contributed by atoms with E-state index in [1.807, 2.05) is 18.2 Å². The fourth-order valence-electron chi connectivity index (χ4n) is 1.62. The molecule has 1 atom stereocenters. The minimum Gasteiger partial charge on any atom is -0.464 e. The molecular weight excluding hydrogens is 288 g/mol. The number of likely N-dealkylation sites (N-methyl/N-ethyl adjacent to an activating group) is 1. The Morgan fingerprint density at radius 2 is 1.77 bits per heavy atom. The Hall–Kier alpha value is -2.57. The Morgan fingerprint density at radius 1 is 1.09 bits per heavy atom. The molecule has 7 nitrogen and oxygen atoms in total. The van der Waals surface area contributed by atoms with Gasteiger partial charge in [0, 0.05) is 6.54 Å². The molecule has 0 heterocycles. The van der Waals surface area contributed by atoms with E-state index in [-0.39, 0.29) is 13.2 Å². The monoisotopic (exact) mass is 308 g/mol. The van der Waals surface area contributed by atoms with Crippen molar-refractivity contribution in [2.24, 2.45) is 0 Å². The molecular formula is C15H20N2O5. The van der Waals surface area contributed by atoms with E-state index >= 15 is 0 Å². The van der Waals surface area contributed by atoms with Crippen LogP contribution in [0.2, 0.25) is 0 Å². The molecule has 0 radical (unpaired) electrons. The lowest BCUT2D eigenvalue weighted by Gasteiger charge is -2.16. The average Bonchev–Trinajstić information content (AvgIpc) is 2.52. The number of carbonyl (C=O) groups is 3. The predicted octanol–water partition coefficient (Wildman–Crippen LogP) is 0.981. The Kier molecular flexibility index (Phi) is 7.45. The van der Waals surface area contributed by atoms with Gasteiger partial charge >= 0.3 is 12.1 Å². The molecule has 120 valence electrons. The summed E-state index contributed by atoms with van der Waals surface area (Å²) < 4.78 is 9.74. The molecule has 0 aromatic heterocycles. The summed E-state index contributed by atoms with van der Waals surface area (Å²) in [6.07, 6.45) is -0.867. The Labute approximate surface area is 129 Å². The van der Waals surface area contributed by atoms with Gasteiger partial charge < -0.3 is 14.8 Å². The summed E-state index contributed by atoms with van der Waals surface area (Å²) in [6, 6.07) is 7.62. The first-order valence-electron chi connectivity index (χ1n) is 7.00. The van der Waals surface area contributed by atoms with E-state index in [2.05, 4.69) is 10.6 Å². The molecule has 0 saturated carbocycles. The van der Waals surface area contributed by atoms with Crippen molar-refractivity contribution in [2.45, 2.75) is 26.5 Å². The molecule has 1 unspecified atom stereocenters. The number of carbonyl (C=O) groups excluding carboxylic acids is 3. The zero-order valence-electron chi connectivity index (χ0n) is 12.6. The lowest BCUT2D eigenvalue weighted by molar-refractivity contribution is -0.149. The maximum Gasteiger partial charge on any atom is 0.408 e. The fraction of sp³-hybridized carbons (Fsp3) is 0.400. The van der Waals surface area contributed by atoms with Crippen LogP contribution in [0.3, 0.4) is 0 Å². The van der Waals surface area contributed by atoms with Gasteiger partial charge in [-0.2, -0.15) is 0 Å². The smallest absolute Gasteiger partial charge is 0.408 e. The topological polar surface area (TPSA) is 93.7 Å². The fourth-order valence-corrected chi connectivity index (χ4v) is 1.62. The number of nitrogens with one attached hydrogen (secondary N) is 2. The first-order valence-corrected chi connectivity index (χ1v) is 7.00. The summed E-state index contributed by atoms with van der Waals surface area (Å²) in [5.41, 5.74) is 0.795. The first kappa shape index (κ1) is 17.5. The maximum atomic E-state index is 11.8. The minimum absolute atomic E-state index is 0.0393. The summed E-state index contributed by atoms with van der Waals surface area (Å²) in [6.45, 7) is 3.79. The maximum absolute atomic E-state index is 11.8. The number of rotatable bonds is 7. The molecule has 2 amide bonds. The minimum atomic E-state index is -1.43. The molecule has 0 aliphatic rings. The average molecular weight is 308 g/mol. The van der Waals surface area contributed by atoms with Crippen LogP contribution in [0.15, 0.2) is 30.3 Å². The van der Waals surface area contributed by atoms with Gasteiger partial charge in [0.15, 0.2) is 0 Å². The number of esters is 1. The van der Waals surface area contributed by atoms with Gasteiger partial charge in [-0.1, -0.05) is 30.3 Å². The van der Waals surface area contributed by atoms with Crippen LogP contribution in [0, 0.1) is 0 Å².